The van der Waals surface area contributed by atoms with Crippen molar-refractivity contribution in [1.82, 2.24) is 15.3 Å². The van der Waals surface area contributed by atoms with Gasteiger partial charge < -0.3 is 5.32 Å². The van der Waals surface area contributed by atoms with Crippen LogP contribution in [0.25, 0.3) is 11.0 Å². The molecule has 1 amide bonds. The smallest absolute Gasteiger partial charge is 0.271 e. The number of nitrogens with one attached hydrogen (secondary N) is 1. The van der Waals surface area contributed by atoms with Crippen LogP contribution in [0.3, 0.4) is 0 Å². The fourth-order valence-electron chi connectivity index (χ4n) is 5.95. The summed E-state index contributed by atoms with van der Waals surface area (Å²) in [5.41, 5.74) is 4.52. The van der Waals surface area contributed by atoms with Crippen molar-refractivity contribution in [3.05, 3.63) is 35.2 Å². The molecular weight excluding hydrogens is 310 g/mol. The number of aryl methyl sites for hydroxylation is 2. The van der Waals surface area contributed by atoms with E-state index >= 15 is 0 Å². The number of carbonyl (C=O) groups is 1. The Kier molecular flexibility index (Phi) is 3.22. The van der Waals surface area contributed by atoms with Crippen LogP contribution in [0.5, 0.6) is 0 Å². The Morgan fingerprint density at radius 3 is 2.16 bits per heavy atom. The normalized spacial score (nSPS) is 33.0. The van der Waals surface area contributed by atoms with Crippen LogP contribution < -0.4 is 5.32 Å². The number of benzene rings is 1. The molecule has 4 aliphatic rings. The number of amides is 1. The lowest BCUT2D eigenvalue weighted by Crippen LogP contribution is -2.59. The molecule has 2 aromatic rings. The van der Waals surface area contributed by atoms with Crippen LogP contribution in [0.15, 0.2) is 18.3 Å². The predicted molar refractivity (Wildman–Crippen MR) is 97.4 cm³/mol. The summed E-state index contributed by atoms with van der Waals surface area (Å²) in [6, 6.07) is 4.07. The predicted octanol–water partition coefficient (Wildman–Crippen LogP) is 3.95. The van der Waals surface area contributed by atoms with Crippen LogP contribution in [-0.4, -0.2) is 21.4 Å². The van der Waals surface area contributed by atoms with Gasteiger partial charge in [0.2, 0.25) is 0 Å². The lowest BCUT2D eigenvalue weighted by molar-refractivity contribution is -0.0167. The summed E-state index contributed by atoms with van der Waals surface area (Å²) in [5, 5.41) is 3.39. The first-order valence-electron chi connectivity index (χ1n) is 9.56. The van der Waals surface area contributed by atoms with Crippen molar-refractivity contribution in [2.45, 2.75) is 57.9 Å². The van der Waals surface area contributed by atoms with Gasteiger partial charge in [0.1, 0.15) is 5.69 Å². The first-order valence-corrected chi connectivity index (χ1v) is 9.56. The minimum Gasteiger partial charge on any atom is -0.345 e. The third-order valence-corrected chi connectivity index (χ3v) is 6.81. The van der Waals surface area contributed by atoms with Crippen LogP contribution in [0.1, 0.15) is 60.1 Å². The van der Waals surface area contributed by atoms with E-state index in [9.17, 15) is 4.79 Å². The van der Waals surface area contributed by atoms with Crippen molar-refractivity contribution in [3.8, 4) is 0 Å². The maximum absolute atomic E-state index is 12.9. The number of carbonyl (C=O) groups excluding carboxylic acids is 1. The minimum atomic E-state index is -0.0467. The molecule has 4 saturated carbocycles. The second-order valence-electron chi connectivity index (χ2n) is 8.83. The molecule has 0 radical (unpaired) electrons. The molecule has 1 aromatic heterocycles. The average Bonchev–Trinajstić information content (AvgIpc) is 2.53. The van der Waals surface area contributed by atoms with Gasteiger partial charge >= 0.3 is 0 Å². The van der Waals surface area contributed by atoms with E-state index in [-0.39, 0.29) is 11.4 Å². The second-order valence-corrected chi connectivity index (χ2v) is 8.83. The van der Waals surface area contributed by atoms with Crippen LogP contribution in [0, 0.1) is 31.6 Å². The van der Waals surface area contributed by atoms with Crippen molar-refractivity contribution in [2.75, 3.05) is 0 Å². The number of rotatable bonds is 2. The van der Waals surface area contributed by atoms with Gasteiger partial charge in [0.25, 0.3) is 5.91 Å². The molecular formula is C21H25N3O. The summed E-state index contributed by atoms with van der Waals surface area (Å²) >= 11 is 0. The zero-order valence-electron chi connectivity index (χ0n) is 15.0. The number of aromatic nitrogens is 2. The van der Waals surface area contributed by atoms with Crippen LogP contribution in [0.2, 0.25) is 0 Å². The molecule has 130 valence electrons. The van der Waals surface area contributed by atoms with Crippen molar-refractivity contribution in [2.24, 2.45) is 17.8 Å². The Morgan fingerprint density at radius 2 is 1.56 bits per heavy atom. The Balaban J connectivity index is 1.43. The van der Waals surface area contributed by atoms with E-state index < -0.39 is 0 Å². The molecule has 4 aliphatic carbocycles. The average molecular weight is 335 g/mol. The minimum absolute atomic E-state index is 0.0195. The highest BCUT2D eigenvalue weighted by Gasteiger charge is 2.51. The molecule has 0 aliphatic heterocycles. The van der Waals surface area contributed by atoms with Gasteiger partial charge in [-0.05, 0) is 93.4 Å². The van der Waals surface area contributed by atoms with Crippen molar-refractivity contribution >= 4 is 16.9 Å². The maximum Gasteiger partial charge on any atom is 0.271 e. The quantitative estimate of drug-likeness (QED) is 0.904. The summed E-state index contributed by atoms with van der Waals surface area (Å²) in [5.74, 6) is 2.41. The Labute approximate surface area is 148 Å². The molecule has 0 atom stereocenters. The molecule has 25 heavy (non-hydrogen) atoms. The molecule has 4 bridgehead atoms. The highest BCUT2D eigenvalue weighted by atomic mass is 16.2. The fraction of sp³-hybridized carbons (Fsp3) is 0.571. The highest BCUT2D eigenvalue weighted by Crippen LogP contribution is 2.55. The largest absolute Gasteiger partial charge is 0.345 e. The van der Waals surface area contributed by atoms with E-state index in [1.165, 1.54) is 30.4 Å². The Hall–Kier alpha value is -1.97. The number of fused-ring (bicyclic) bond motifs is 1. The van der Waals surface area contributed by atoms with Crippen molar-refractivity contribution in [3.63, 3.8) is 0 Å². The van der Waals surface area contributed by atoms with Gasteiger partial charge in [-0.25, -0.2) is 4.98 Å². The first-order chi connectivity index (χ1) is 12.0. The van der Waals surface area contributed by atoms with Gasteiger partial charge in [0.15, 0.2) is 0 Å². The molecule has 4 nitrogen and oxygen atoms in total. The second kappa shape index (κ2) is 5.26. The molecule has 0 spiro atoms. The van der Waals surface area contributed by atoms with Crippen LogP contribution >= 0.6 is 0 Å². The molecule has 4 heteroatoms. The Bertz CT molecular complexity index is 838. The molecule has 4 fully saturated rings. The van der Waals surface area contributed by atoms with Crippen LogP contribution in [0.4, 0.5) is 0 Å². The highest BCUT2D eigenvalue weighted by molar-refractivity contribution is 5.94. The monoisotopic (exact) mass is 335 g/mol. The van der Waals surface area contributed by atoms with E-state index in [1.807, 2.05) is 12.1 Å². The number of nitrogens with zero attached hydrogens (tertiary/aromatic N) is 2. The molecule has 0 unspecified atom stereocenters. The van der Waals surface area contributed by atoms with E-state index in [1.54, 1.807) is 6.20 Å². The molecule has 1 aromatic carbocycles. The third-order valence-electron chi connectivity index (χ3n) is 6.81. The first kappa shape index (κ1) is 15.3. The van der Waals surface area contributed by atoms with Crippen molar-refractivity contribution < 1.29 is 4.79 Å². The molecule has 6 rings (SSSR count). The summed E-state index contributed by atoms with van der Waals surface area (Å²) in [6.07, 6.45) is 9.24. The molecule has 0 saturated heterocycles. The van der Waals surface area contributed by atoms with E-state index in [2.05, 4.69) is 29.1 Å². The SMILES string of the molecule is Cc1cc2ncc(C(=O)NC34CC5CC(CC(C5)C3)C4)nc2cc1C. The topological polar surface area (TPSA) is 54.9 Å². The molecule has 1 heterocycles. The third kappa shape index (κ3) is 2.54. The van der Waals surface area contributed by atoms with Gasteiger partial charge in [-0.3, -0.25) is 9.78 Å². The fourth-order valence-corrected chi connectivity index (χ4v) is 5.95. The number of hydrogen-bond donors (Lipinski definition) is 1. The van der Waals surface area contributed by atoms with Crippen LogP contribution in [-0.2, 0) is 0 Å². The maximum atomic E-state index is 12.9. The van der Waals surface area contributed by atoms with E-state index in [0.717, 1.165) is 48.0 Å². The van der Waals surface area contributed by atoms with Gasteiger partial charge in [-0.1, -0.05) is 0 Å². The summed E-state index contributed by atoms with van der Waals surface area (Å²) in [6.45, 7) is 4.14. The zero-order valence-corrected chi connectivity index (χ0v) is 15.0. The van der Waals surface area contributed by atoms with Gasteiger partial charge in [0, 0.05) is 5.54 Å². The van der Waals surface area contributed by atoms with Gasteiger partial charge in [0.05, 0.1) is 17.2 Å². The summed E-state index contributed by atoms with van der Waals surface area (Å²) < 4.78 is 0. The van der Waals surface area contributed by atoms with E-state index in [4.69, 9.17) is 0 Å². The van der Waals surface area contributed by atoms with Gasteiger partial charge in [-0.15, -0.1) is 0 Å². The molecule has 1 N–H and O–H groups in total. The lowest BCUT2D eigenvalue weighted by atomic mass is 9.53. The van der Waals surface area contributed by atoms with Gasteiger partial charge in [-0.2, -0.15) is 0 Å². The lowest BCUT2D eigenvalue weighted by Gasteiger charge is -2.56. The number of hydrogen-bond acceptors (Lipinski definition) is 3. The van der Waals surface area contributed by atoms with Crippen molar-refractivity contribution in [1.29, 1.82) is 0 Å². The summed E-state index contributed by atoms with van der Waals surface area (Å²) in [4.78, 5) is 22.0. The summed E-state index contributed by atoms with van der Waals surface area (Å²) in [7, 11) is 0. The Morgan fingerprint density at radius 1 is 1.00 bits per heavy atom. The zero-order chi connectivity index (χ0) is 17.2. The van der Waals surface area contributed by atoms with E-state index in [0.29, 0.717) is 5.69 Å². The standard InChI is InChI=1S/C21H25N3O/c1-12-3-17-18(4-13(12)2)23-19(11-22-17)20(25)24-21-8-14-5-15(9-21)7-16(6-14)10-21/h3-4,11,14-16H,5-10H2,1-2H3,(H,24,25).